The van der Waals surface area contributed by atoms with E-state index in [9.17, 15) is 30.7 Å². The lowest BCUT2D eigenvalue weighted by molar-refractivity contribution is -0.355. The molecule has 1 heterocycles. The fourth-order valence-corrected chi connectivity index (χ4v) is 2.60. The maximum absolute atomic E-state index is 13.0. The third-order valence-electron chi connectivity index (χ3n) is 4.17. The Hall–Kier alpha value is -0.570. The van der Waals surface area contributed by atoms with Crippen LogP contribution in [0, 0.1) is 0 Å². The Labute approximate surface area is 143 Å². The molecular weight excluding hydrogens is 357 g/mol. The largest absolute Gasteiger partial charge is 0.459 e. The monoisotopic (exact) mass is 382 g/mol. The smallest absolute Gasteiger partial charge is 0.379 e. The number of ether oxygens (including phenoxy) is 2. The average Bonchev–Trinajstić information content (AvgIpc) is 2.53. The maximum Gasteiger partial charge on any atom is 0.459 e. The molecule has 150 valence electrons. The second-order valence-electron chi connectivity index (χ2n) is 6.36. The number of hydrogen-bond acceptors (Lipinski definition) is 2. The lowest BCUT2D eigenvalue weighted by Gasteiger charge is -2.28. The highest BCUT2D eigenvalue weighted by atomic mass is 19.4. The van der Waals surface area contributed by atoms with E-state index >= 15 is 0 Å². The van der Waals surface area contributed by atoms with Gasteiger partial charge in [0.1, 0.15) is 0 Å². The summed E-state index contributed by atoms with van der Waals surface area (Å²) >= 11 is 0. The summed E-state index contributed by atoms with van der Waals surface area (Å²) in [5.74, 6) is -11.1. The van der Waals surface area contributed by atoms with Gasteiger partial charge in [-0.05, 0) is 32.1 Å². The highest BCUT2D eigenvalue weighted by Crippen LogP contribution is 2.48. The van der Waals surface area contributed by atoms with E-state index < -0.39 is 24.4 Å². The zero-order chi connectivity index (χ0) is 19.0. The molecule has 0 N–H and O–H groups in total. The molecule has 1 saturated heterocycles. The Bertz CT molecular complexity index is 366. The molecular formula is C16H25F7O2. The van der Waals surface area contributed by atoms with E-state index in [4.69, 9.17) is 9.47 Å². The van der Waals surface area contributed by atoms with E-state index in [0.29, 0.717) is 32.5 Å². The Morgan fingerprint density at radius 1 is 0.840 bits per heavy atom. The SMILES string of the molecule is FC(F)(F)C(F)(F)C(F)(F)CCCCCCCOCC1CCCCO1. The van der Waals surface area contributed by atoms with Crippen LogP contribution in [0.15, 0.2) is 0 Å². The lowest BCUT2D eigenvalue weighted by Crippen LogP contribution is -2.51. The van der Waals surface area contributed by atoms with Gasteiger partial charge >= 0.3 is 18.0 Å². The molecule has 0 radical (unpaired) electrons. The van der Waals surface area contributed by atoms with Crippen LogP contribution in [0.4, 0.5) is 30.7 Å². The lowest BCUT2D eigenvalue weighted by atomic mass is 10.0. The third kappa shape index (κ3) is 7.29. The summed E-state index contributed by atoms with van der Waals surface area (Å²) in [5, 5.41) is 0. The molecule has 1 fully saturated rings. The van der Waals surface area contributed by atoms with E-state index in [1.807, 2.05) is 0 Å². The Balaban J connectivity index is 2.04. The van der Waals surface area contributed by atoms with Crippen LogP contribution in [-0.2, 0) is 9.47 Å². The number of rotatable bonds is 11. The van der Waals surface area contributed by atoms with Crippen LogP contribution in [0.5, 0.6) is 0 Å². The Morgan fingerprint density at radius 3 is 2.08 bits per heavy atom. The van der Waals surface area contributed by atoms with Gasteiger partial charge in [-0.25, -0.2) is 0 Å². The molecule has 0 aromatic heterocycles. The number of halogens is 7. The van der Waals surface area contributed by atoms with Crippen LogP contribution in [0.1, 0.15) is 57.8 Å². The summed E-state index contributed by atoms with van der Waals surface area (Å²) < 4.78 is 98.3. The fraction of sp³-hybridized carbons (Fsp3) is 1.00. The number of hydrogen-bond donors (Lipinski definition) is 0. The third-order valence-corrected chi connectivity index (χ3v) is 4.17. The van der Waals surface area contributed by atoms with Gasteiger partial charge in [0.25, 0.3) is 0 Å². The highest BCUT2D eigenvalue weighted by Gasteiger charge is 2.72. The van der Waals surface area contributed by atoms with E-state index in [-0.39, 0.29) is 18.9 Å². The van der Waals surface area contributed by atoms with Crippen molar-refractivity contribution < 1.29 is 40.2 Å². The van der Waals surface area contributed by atoms with Gasteiger partial charge in [-0.15, -0.1) is 0 Å². The summed E-state index contributed by atoms with van der Waals surface area (Å²) in [6, 6.07) is 0. The molecule has 1 unspecified atom stereocenters. The Morgan fingerprint density at radius 2 is 1.48 bits per heavy atom. The van der Waals surface area contributed by atoms with Gasteiger partial charge in [0.05, 0.1) is 12.7 Å². The molecule has 0 saturated carbocycles. The normalized spacial score (nSPS) is 20.0. The van der Waals surface area contributed by atoms with E-state index in [0.717, 1.165) is 25.9 Å². The van der Waals surface area contributed by atoms with Crippen molar-refractivity contribution >= 4 is 0 Å². The molecule has 0 spiro atoms. The van der Waals surface area contributed by atoms with Gasteiger partial charge in [-0.1, -0.05) is 19.3 Å². The minimum Gasteiger partial charge on any atom is -0.379 e. The molecule has 0 aromatic rings. The van der Waals surface area contributed by atoms with Crippen molar-refractivity contribution in [1.82, 2.24) is 0 Å². The maximum atomic E-state index is 13.0. The predicted molar refractivity (Wildman–Crippen MR) is 78.1 cm³/mol. The van der Waals surface area contributed by atoms with E-state index in [1.54, 1.807) is 0 Å². The zero-order valence-corrected chi connectivity index (χ0v) is 14.0. The van der Waals surface area contributed by atoms with Crippen molar-refractivity contribution in [3.05, 3.63) is 0 Å². The predicted octanol–water partition coefficient (Wildman–Crippen LogP) is 5.75. The standard InChI is InChI=1S/C16H25F7O2/c17-14(18,15(19,20)16(21,22)23)9-5-2-1-3-6-10-24-12-13-8-4-7-11-25-13/h13H,1-12H2. The molecule has 25 heavy (non-hydrogen) atoms. The molecule has 0 amide bonds. The van der Waals surface area contributed by atoms with Crippen LogP contribution < -0.4 is 0 Å². The molecule has 0 bridgehead atoms. The summed E-state index contributed by atoms with van der Waals surface area (Å²) in [5.41, 5.74) is 0. The Kier molecular flexibility index (Phi) is 8.94. The number of alkyl halides is 7. The molecule has 2 nitrogen and oxygen atoms in total. The first-order valence-electron chi connectivity index (χ1n) is 8.59. The first-order chi connectivity index (χ1) is 11.6. The highest BCUT2D eigenvalue weighted by molar-refractivity contribution is 4.90. The van der Waals surface area contributed by atoms with Gasteiger partial charge in [0.15, 0.2) is 0 Å². The van der Waals surface area contributed by atoms with Crippen molar-refractivity contribution in [2.24, 2.45) is 0 Å². The van der Waals surface area contributed by atoms with Gasteiger partial charge in [0.2, 0.25) is 0 Å². The summed E-state index contributed by atoms with van der Waals surface area (Å²) in [4.78, 5) is 0. The molecule has 0 aromatic carbocycles. The topological polar surface area (TPSA) is 18.5 Å². The second kappa shape index (κ2) is 9.94. The minimum atomic E-state index is -6.24. The summed E-state index contributed by atoms with van der Waals surface area (Å²) in [6.45, 7) is 1.74. The van der Waals surface area contributed by atoms with Gasteiger partial charge in [-0.2, -0.15) is 30.7 Å². The first kappa shape index (κ1) is 22.5. The van der Waals surface area contributed by atoms with Crippen molar-refractivity contribution in [3.63, 3.8) is 0 Å². The summed E-state index contributed by atoms with van der Waals surface area (Å²) in [7, 11) is 0. The van der Waals surface area contributed by atoms with Crippen molar-refractivity contribution in [2.75, 3.05) is 19.8 Å². The molecule has 1 aliphatic heterocycles. The molecule has 1 aliphatic rings. The quantitative estimate of drug-likeness (QED) is 0.335. The van der Waals surface area contributed by atoms with E-state index in [1.165, 1.54) is 0 Å². The summed E-state index contributed by atoms with van der Waals surface area (Å²) in [6.07, 6.45) is -2.85. The van der Waals surface area contributed by atoms with E-state index in [2.05, 4.69) is 0 Å². The van der Waals surface area contributed by atoms with Crippen molar-refractivity contribution in [3.8, 4) is 0 Å². The molecule has 0 aliphatic carbocycles. The van der Waals surface area contributed by atoms with Crippen molar-refractivity contribution in [2.45, 2.75) is 81.9 Å². The molecule has 1 rings (SSSR count). The van der Waals surface area contributed by atoms with Crippen LogP contribution in [0.3, 0.4) is 0 Å². The molecule has 9 heteroatoms. The minimum absolute atomic E-state index is 0.117. The average molecular weight is 382 g/mol. The zero-order valence-electron chi connectivity index (χ0n) is 14.0. The fourth-order valence-electron chi connectivity index (χ4n) is 2.60. The van der Waals surface area contributed by atoms with Crippen LogP contribution >= 0.6 is 0 Å². The van der Waals surface area contributed by atoms with Crippen LogP contribution in [0.25, 0.3) is 0 Å². The van der Waals surface area contributed by atoms with Gasteiger partial charge in [-0.3, -0.25) is 0 Å². The number of unbranched alkanes of at least 4 members (excludes halogenated alkanes) is 4. The van der Waals surface area contributed by atoms with Gasteiger partial charge < -0.3 is 9.47 Å². The second-order valence-corrected chi connectivity index (χ2v) is 6.36. The van der Waals surface area contributed by atoms with Crippen LogP contribution in [-0.4, -0.2) is 43.9 Å². The van der Waals surface area contributed by atoms with Crippen LogP contribution in [0.2, 0.25) is 0 Å². The molecule has 1 atom stereocenters. The first-order valence-corrected chi connectivity index (χ1v) is 8.59. The van der Waals surface area contributed by atoms with Gasteiger partial charge in [0, 0.05) is 19.6 Å². The van der Waals surface area contributed by atoms with Crippen molar-refractivity contribution in [1.29, 1.82) is 0 Å².